The molecule has 1 aliphatic rings. The van der Waals surface area contributed by atoms with Crippen molar-refractivity contribution < 1.29 is 9.63 Å². The summed E-state index contributed by atoms with van der Waals surface area (Å²) in [5, 5.41) is 18.3. The van der Waals surface area contributed by atoms with Crippen molar-refractivity contribution in [3.63, 3.8) is 0 Å². The molecule has 164 valence electrons. The van der Waals surface area contributed by atoms with Crippen LogP contribution in [-0.2, 0) is 11.0 Å². The second-order valence-corrected chi connectivity index (χ2v) is 8.91. The van der Waals surface area contributed by atoms with E-state index in [0.29, 0.717) is 11.7 Å². The maximum absolute atomic E-state index is 9.58. The monoisotopic (exact) mass is 431 g/mol. The number of hydrogen-bond donors (Lipinski definition) is 2. The SMILES string of the molecule is CC(C)(CO)n1cc(-c2nc(C3(c4ccc(-c5cnc(N)nc5)cc4)CCC3)no2)cn1. The van der Waals surface area contributed by atoms with E-state index in [2.05, 4.69) is 44.5 Å². The van der Waals surface area contributed by atoms with Crippen molar-refractivity contribution >= 4 is 5.95 Å². The molecule has 3 heterocycles. The number of nitrogen functional groups attached to an aromatic ring is 1. The van der Waals surface area contributed by atoms with E-state index < -0.39 is 5.54 Å². The third-order valence-corrected chi connectivity index (χ3v) is 6.34. The van der Waals surface area contributed by atoms with Crippen molar-refractivity contribution in [3.05, 3.63) is 60.4 Å². The Balaban J connectivity index is 1.43. The Morgan fingerprint density at radius 1 is 1.06 bits per heavy atom. The zero-order chi connectivity index (χ0) is 22.3. The predicted octanol–water partition coefficient (Wildman–Crippen LogP) is 3.17. The Kier molecular flexibility index (Phi) is 4.78. The van der Waals surface area contributed by atoms with Gasteiger partial charge in [0.25, 0.3) is 5.89 Å². The lowest BCUT2D eigenvalue weighted by Gasteiger charge is -2.39. The zero-order valence-corrected chi connectivity index (χ0v) is 18.1. The molecule has 0 aliphatic heterocycles. The number of hydrogen-bond acceptors (Lipinski definition) is 8. The first kappa shape index (κ1) is 20.3. The van der Waals surface area contributed by atoms with Crippen LogP contribution in [0.2, 0.25) is 0 Å². The first-order valence-corrected chi connectivity index (χ1v) is 10.6. The highest BCUT2D eigenvalue weighted by atomic mass is 16.5. The second-order valence-electron chi connectivity index (χ2n) is 8.91. The van der Waals surface area contributed by atoms with Gasteiger partial charge in [-0.05, 0) is 37.8 Å². The summed E-state index contributed by atoms with van der Waals surface area (Å²) in [6.45, 7) is 3.80. The van der Waals surface area contributed by atoms with Gasteiger partial charge in [-0.2, -0.15) is 10.1 Å². The molecule has 0 amide bonds. The molecule has 0 saturated heterocycles. The molecule has 0 spiro atoms. The normalized spacial score (nSPS) is 15.5. The van der Waals surface area contributed by atoms with Gasteiger partial charge >= 0.3 is 0 Å². The smallest absolute Gasteiger partial charge is 0.261 e. The zero-order valence-electron chi connectivity index (χ0n) is 18.1. The van der Waals surface area contributed by atoms with Crippen molar-refractivity contribution in [2.24, 2.45) is 0 Å². The van der Waals surface area contributed by atoms with Crippen molar-refractivity contribution in [2.45, 2.75) is 44.1 Å². The van der Waals surface area contributed by atoms with Gasteiger partial charge in [0.05, 0.1) is 29.3 Å². The van der Waals surface area contributed by atoms with Gasteiger partial charge in [-0.3, -0.25) is 4.68 Å². The third kappa shape index (κ3) is 3.34. The number of aliphatic hydroxyl groups excluding tert-OH is 1. The van der Waals surface area contributed by atoms with Crippen LogP contribution in [-0.4, -0.2) is 41.6 Å². The highest BCUT2D eigenvalue weighted by molar-refractivity contribution is 5.63. The molecule has 0 bridgehead atoms. The average Bonchev–Trinajstić information content (AvgIpc) is 3.45. The highest BCUT2D eigenvalue weighted by Crippen LogP contribution is 2.48. The van der Waals surface area contributed by atoms with Gasteiger partial charge in [0.1, 0.15) is 0 Å². The van der Waals surface area contributed by atoms with E-state index in [4.69, 9.17) is 15.2 Å². The molecule has 3 N–H and O–H groups in total. The van der Waals surface area contributed by atoms with E-state index in [0.717, 1.165) is 41.5 Å². The van der Waals surface area contributed by atoms with Crippen LogP contribution in [0.4, 0.5) is 5.95 Å². The Hall–Kier alpha value is -3.59. The summed E-state index contributed by atoms with van der Waals surface area (Å²) >= 11 is 0. The maximum Gasteiger partial charge on any atom is 0.261 e. The molecule has 1 aliphatic carbocycles. The largest absolute Gasteiger partial charge is 0.394 e. The molecule has 1 fully saturated rings. The molecule has 9 nitrogen and oxygen atoms in total. The van der Waals surface area contributed by atoms with Crippen LogP contribution >= 0.6 is 0 Å². The standard InChI is InChI=1S/C23H25N7O2/c1-22(2,14-31)30-13-17(12-27-30)19-28-20(29-32-19)23(8-3-9-23)18-6-4-15(5-7-18)16-10-25-21(24)26-11-16/h4-7,10-13,31H,3,8-9,14H2,1-2H3,(H2,24,25,26). The fourth-order valence-corrected chi connectivity index (χ4v) is 4.01. The molecule has 0 atom stereocenters. The van der Waals surface area contributed by atoms with Gasteiger partial charge in [0, 0.05) is 24.2 Å². The summed E-state index contributed by atoms with van der Waals surface area (Å²) < 4.78 is 7.33. The number of aliphatic hydroxyl groups is 1. The van der Waals surface area contributed by atoms with Crippen LogP contribution in [0.15, 0.2) is 53.6 Å². The summed E-state index contributed by atoms with van der Waals surface area (Å²) in [4.78, 5) is 12.9. The Labute approximate surface area is 185 Å². The molecular weight excluding hydrogens is 406 g/mol. The van der Waals surface area contributed by atoms with E-state index in [1.165, 1.54) is 0 Å². The van der Waals surface area contributed by atoms with Gasteiger partial charge in [-0.25, -0.2) is 9.97 Å². The maximum atomic E-state index is 9.58. The molecule has 0 radical (unpaired) electrons. The minimum Gasteiger partial charge on any atom is -0.394 e. The Morgan fingerprint density at radius 3 is 2.41 bits per heavy atom. The van der Waals surface area contributed by atoms with E-state index >= 15 is 0 Å². The van der Waals surface area contributed by atoms with E-state index in [1.54, 1.807) is 23.3 Å². The fourth-order valence-electron chi connectivity index (χ4n) is 4.01. The fraction of sp³-hybridized carbons (Fsp3) is 0.348. The average molecular weight is 432 g/mol. The van der Waals surface area contributed by atoms with Gasteiger partial charge < -0.3 is 15.4 Å². The minimum atomic E-state index is -0.506. The van der Waals surface area contributed by atoms with Gasteiger partial charge in [-0.15, -0.1) is 0 Å². The number of nitrogens with zero attached hydrogens (tertiary/aromatic N) is 6. The first-order valence-electron chi connectivity index (χ1n) is 10.6. The quantitative estimate of drug-likeness (QED) is 0.476. The minimum absolute atomic E-state index is 0.0230. The van der Waals surface area contributed by atoms with Gasteiger partial charge in [-0.1, -0.05) is 35.8 Å². The van der Waals surface area contributed by atoms with Crippen molar-refractivity contribution in [1.29, 1.82) is 0 Å². The molecule has 4 aromatic rings. The number of aromatic nitrogens is 6. The molecule has 3 aromatic heterocycles. The molecule has 0 unspecified atom stereocenters. The molecule has 1 saturated carbocycles. The summed E-state index contributed by atoms with van der Waals surface area (Å²) in [5.74, 6) is 1.38. The lowest BCUT2D eigenvalue weighted by Crippen LogP contribution is -2.36. The second kappa shape index (κ2) is 7.52. The molecule has 1 aromatic carbocycles. The highest BCUT2D eigenvalue weighted by Gasteiger charge is 2.44. The van der Waals surface area contributed by atoms with Crippen LogP contribution in [0, 0.1) is 0 Å². The van der Waals surface area contributed by atoms with E-state index in [-0.39, 0.29) is 18.0 Å². The van der Waals surface area contributed by atoms with Gasteiger partial charge in [0.15, 0.2) is 5.82 Å². The summed E-state index contributed by atoms with van der Waals surface area (Å²) in [6.07, 6.45) is 10.00. The van der Waals surface area contributed by atoms with Crippen LogP contribution in [0.25, 0.3) is 22.6 Å². The molecule has 5 rings (SSSR count). The first-order chi connectivity index (χ1) is 15.4. The van der Waals surface area contributed by atoms with Crippen LogP contribution in [0.1, 0.15) is 44.5 Å². The topological polar surface area (TPSA) is 129 Å². The number of rotatable bonds is 6. The van der Waals surface area contributed by atoms with Crippen molar-refractivity contribution in [3.8, 4) is 22.6 Å². The summed E-state index contributed by atoms with van der Waals surface area (Å²) in [7, 11) is 0. The summed E-state index contributed by atoms with van der Waals surface area (Å²) in [6, 6.07) is 8.35. The van der Waals surface area contributed by atoms with Crippen molar-refractivity contribution in [1.82, 2.24) is 29.9 Å². The number of nitrogens with two attached hydrogens (primary N) is 1. The van der Waals surface area contributed by atoms with Crippen LogP contribution < -0.4 is 5.73 Å². The summed E-state index contributed by atoms with van der Waals surface area (Å²) in [5.41, 5.74) is 8.66. The predicted molar refractivity (Wildman–Crippen MR) is 118 cm³/mol. The molecule has 9 heteroatoms. The third-order valence-electron chi connectivity index (χ3n) is 6.34. The number of anilines is 1. The molecule has 32 heavy (non-hydrogen) atoms. The lowest BCUT2D eigenvalue weighted by atomic mass is 9.64. The number of benzene rings is 1. The van der Waals surface area contributed by atoms with E-state index in [9.17, 15) is 5.11 Å². The Morgan fingerprint density at radius 2 is 1.78 bits per heavy atom. The van der Waals surface area contributed by atoms with Gasteiger partial charge in [0.2, 0.25) is 5.95 Å². The lowest BCUT2D eigenvalue weighted by molar-refractivity contribution is 0.152. The molecular formula is C23H25N7O2. The van der Waals surface area contributed by atoms with Crippen LogP contribution in [0.3, 0.4) is 0 Å². The Bertz CT molecular complexity index is 1220. The van der Waals surface area contributed by atoms with E-state index in [1.807, 2.05) is 20.0 Å². The van der Waals surface area contributed by atoms with Crippen LogP contribution in [0.5, 0.6) is 0 Å². The van der Waals surface area contributed by atoms with Crippen molar-refractivity contribution in [2.75, 3.05) is 12.3 Å².